The summed E-state index contributed by atoms with van der Waals surface area (Å²) in [6, 6.07) is 0. The molecule has 0 amide bonds. The largest absolute Gasteiger partial charge is 0.137 e. The third kappa shape index (κ3) is 5.80. The molecular weight excluding hydrogens is 82.9 g/mol. The zero-order chi connectivity index (χ0) is 5.70. The second-order valence-corrected chi connectivity index (χ2v) is 2.20. The maximum Gasteiger partial charge on any atom is 0.137 e. The molecular formula is C6H13B. The summed E-state index contributed by atoms with van der Waals surface area (Å²) in [6.07, 6.45) is 5.52. The monoisotopic (exact) mass is 96.1 g/mol. The van der Waals surface area contributed by atoms with Crippen molar-refractivity contribution in [2.45, 2.75) is 26.9 Å². The Hall–Kier alpha value is -0.195. The zero-order valence-corrected chi connectivity index (χ0v) is 5.44. The highest BCUT2D eigenvalue weighted by atomic mass is 13.6. The molecule has 40 valence electrons. The van der Waals surface area contributed by atoms with Crippen LogP contribution in [0.15, 0.2) is 12.2 Å². The number of hydrogen-bond acceptors (Lipinski definition) is 0. The number of hydrogen-bond donors (Lipinski definition) is 0. The molecule has 0 saturated carbocycles. The minimum absolute atomic E-state index is 0.816. The van der Waals surface area contributed by atoms with Gasteiger partial charge in [0.05, 0.1) is 0 Å². The molecule has 0 bridgehead atoms. The van der Waals surface area contributed by atoms with Crippen molar-refractivity contribution in [2.24, 2.45) is 0 Å². The lowest BCUT2D eigenvalue weighted by atomic mass is 9.52. The van der Waals surface area contributed by atoms with Crippen LogP contribution in [0.5, 0.6) is 0 Å². The minimum Gasteiger partial charge on any atom is -0.0960 e. The Morgan fingerprint density at radius 3 is 2.14 bits per heavy atom. The van der Waals surface area contributed by atoms with Gasteiger partial charge in [0.1, 0.15) is 6.71 Å². The first-order valence-electron chi connectivity index (χ1n) is 2.88. The summed E-state index contributed by atoms with van der Waals surface area (Å²) < 4.78 is 0. The molecule has 0 rings (SSSR count). The van der Waals surface area contributed by atoms with Crippen molar-refractivity contribution in [3.8, 4) is 0 Å². The standard InChI is InChI=1S/C6H13B/c1-4-5-6-7(2)3/h4-5H,6H2,1-3H3/b5-4-. The van der Waals surface area contributed by atoms with Crippen LogP contribution in [0.4, 0.5) is 0 Å². The molecule has 0 aromatic heterocycles. The summed E-state index contributed by atoms with van der Waals surface area (Å²) in [7, 11) is 0. The molecule has 0 aromatic rings. The highest BCUT2D eigenvalue weighted by Crippen LogP contribution is 1.90. The summed E-state index contributed by atoms with van der Waals surface area (Å²) in [4.78, 5) is 0. The first kappa shape index (κ1) is 6.80. The van der Waals surface area contributed by atoms with E-state index in [-0.39, 0.29) is 0 Å². The molecule has 0 atom stereocenters. The quantitative estimate of drug-likeness (QED) is 0.365. The Labute approximate surface area is 46.7 Å². The van der Waals surface area contributed by atoms with Gasteiger partial charge in [-0.25, -0.2) is 0 Å². The van der Waals surface area contributed by atoms with Gasteiger partial charge in [-0.3, -0.25) is 0 Å². The van der Waals surface area contributed by atoms with Gasteiger partial charge in [-0.05, 0) is 6.92 Å². The van der Waals surface area contributed by atoms with Gasteiger partial charge in [0, 0.05) is 0 Å². The Morgan fingerprint density at radius 2 is 2.00 bits per heavy atom. The van der Waals surface area contributed by atoms with E-state index in [1.807, 2.05) is 0 Å². The Bertz CT molecular complexity index is 55.2. The molecule has 0 N–H and O–H groups in total. The summed E-state index contributed by atoms with van der Waals surface area (Å²) in [6.45, 7) is 7.32. The average molecular weight is 96.0 g/mol. The molecule has 1 heteroatoms. The van der Waals surface area contributed by atoms with Gasteiger partial charge < -0.3 is 0 Å². The van der Waals surface area contributed by atoms with Crippen molar-refractivity contribution in [1.82, 2.24) is 0 Å². The van der Waals surface area contributed by atoms with Gasteiger partial charge in [-0.15, -0.1) is 0 Å². The Balaban J connectivity index is 2.97. The predicted molar refractivity (Wildman–Crippen MR) is 37.1 cm³/mol. The van der Waals surface area contributed by atoms with Crippen LogP contribution in [0.25, 0.3) is 0 Å². The van der Waals surface area contributed by atoms with Crippen molar-refractivity contribution < 1.29 is 0 Å². The van der Waals surface area contributed by atoms with Gasteiger partial charge in [0.15, 0.2) is 0 Å². The molecule has 0 aliphatic rings. The number of rotatable bonds is 2. The van der Waals surface area contributed by atoms with Crippen molar-refractivity contribution in [3.63, 3.8) is 0 Å². The third-order valence-electron chi connectivity index (χ3n) is 0.843. The van der Waals surface area contributed by atoms with Crippen LogP contribution in [0.1, 0.15) is 6.92 Å². The van der Waals surface area contributed by atoms with Crippen LogP contribution in [0.2, 0.25) is 20.0 Å². The molecule has 0 fully saturated rings. The fourth-order valence-corrected chi connectivity index (χ4v) is 0.408. The Kier molecular flexibility index (Phi) is 3.87. The van der Waals surface area contributed by atoms with Gasteiger partial charge in [0.2, 0.25) is 0 Å². The molecule has 0 aliphatic heterocycles. The summed E-state index contributed by atoms with van der Waals surface area (Å²) in [5.74, 6) is 0. The maximum atomic E-state index is 2.22. The topological polar surface area (TPSA) is 0 Å². The van der Waals surface area contributed by atoms with Gasteiger partial charge in [0.25, 0.3) is 0 Å². The second kappa shape index (κ2) is 3.98. The van der Waals surface area contributed by atoms with E-state index in [1.54, 1.807) is 0 Å². The molecule has 0 nitrogen and oxygen atoms in total. The van der Waals surface area contributed by atoms with Gasteiger partial charge in [-0.2, -0.15) is 0 Å². The van der Waals surface area contributed by atoms with E-state index in [1.165, 1.54) is 6.32 Å². The summed E-state index contributed by atoms with van der Waals surface area (Å²) in [5, 5.41) is 0. The SMILES string of the molecule is C/C=C\CB(C)C. The molecule has 7 heavy (non-hydrogen) atoms. The van der Waals surface area contributed by atoms with Crippen LogP contribution >= 0.6 is 0 Å². The van der Waals surface area contributed by atoms with E-state index in [2.05, 4.69) is 32.7 Å². The smallest absolute Gasteiger partial charge is 0.0960 e. The van der Waals surface area contributed by atoms with Crippen LogP contribution in [0.3, 0.4) is 0 Å². The maximum absolute atomic E-state index is 2.22. The highest BCUT2D eigenvalue weighted by Gasteiger charge is 1.90. The van der Waals surface area contributed by atoms with Crippen molar-refractivity contribution in [3.05, 3.63) is 12.2 Å². The zero-order valence-electron chi connectivity index (χ0n) is 5.44. The molecule has 0 spiro atoms. The van der Waals surface area contributed by atoms with E-state index < -0.39 is 0 Å². The van der Waals surface area contributed by atoms with Crippen molar-refractivity contribution >= 4 is 6.71 Å². The van der Waals surface area contributed by atoms with Crippen LogP contribution in [0, 0.1) is 0 Å². The van der Waals surface area contributed by atoms with Crippen LogP contribution in [-0.4, -0.2) is 6.71 Å². The van der Waals surface area contributed by atoms with Crippen LogP contribution < -0.4 is 0 Å². The molecule has 0 radical (unpaired) electrons. The van der Waals surface area contributed by atoms with Crippen molar-refractivity contribution in [1.29, 1.82) is 0 Å². The fourth-order valence-electron chi connectivity index (χ4n) is 0.408. The Morgan fingerprint density at radius 1 is 1.43 bits per heavy atom. The van der Waals surface area contributed by atoms with E-state index in [9.17, 15) is 0 Å². The van der Waals surface area contributed by atoms with Crippen molar-refractivity contribution in [2.75, 3.05) is 0 Å². The third-order valence-corrected chi connectivity index (χ3v) is 0.843. The van der Waals surface area contributed by atoms with Gasteiger partial charge in [-0.1, -0.05) is 32.1 Å². The highest BCUT2D eigenvalue weighted by molar-refractivity contribution is 6.56. The lowest BCUT2D eigenvalue weighted by Crippen LogP contribution is -1.94. The predicted octanol–water partition coefficient (Wildman–Crippen LogP) is 2.32. The minimum atomic E-state index is 0.816. The average Bonchev–Trinajstić information content (AvgIpc) is 1.61. The molecule has 0 aromatic carbocycles. The molecule has 0 heterocycles. The van der Waals surface area contributed by atoms with Crippen LogP contribution in [-0.2, 0) is 0 Å². The lowest BCUT2D eigenvalue weighted by Gasteiger charge is -1.88. The van der Waals surface area contributed by atoms with E-state index >= 15 is 0 Å². The summed E-state index contributed by atoms with van der Waals surface area (Å²) in [5.41, 5.74) is 0. The first-order valence-corrected chi connectivity index (χ1v) is 2.88. The summed E-state index contributed by atoms with van der Waals surface area (Å²) >= 11 is 0. The number of allylic oxidation sites excluding steroid dienone is 2. The van der Waals surface area contributed by atoms with Gasteiger partial charge >= 0.3 is 0 Å². The lowest BCUT2D eigenvalue weighted by molar-refractivity contribution is 1.56. The molecule has 0 aliphatic carbocycles. The normalized spacial score (nSPS) is 10.1. The first-order chi connectivity index (χ1) is 3.27. The molecule has 0 saturated heterocycles. The fraction of sp³-hybridized carbons (Fsp3) is 0.667. The molecule has 0 unspecified atom stereocenters. The van der Waals surface area contributed by atoms with E-state index in [4.69, 9.17) is 0 Å². The second-order valence-electron chi connectivity index (χ2n) is 2.20. The van der Waals surface area contributed by atoms with E-state index in [0.29, 0.717) is 0 Å². The van der Waals surface area contributed by atoms with E-state index in [0.717, 1.165) is 6.71 Å².